The van der Waals surface area contributed by atoms with Crippen molar-refractivity contribution in [3.63, 3.8) is 0 Å². The van der Waals surface area contributed by atoms with Gasteiger partial charge < -0.3 is 4.90 Å². The number of fused-ring (bicyclic) bond motifs is 8. The van der Waals surface area contributed by atoms with Crippen LogP contribution in [0.4, 0.5) is 17.1 Å². The highest BCUT2D eigenvalue weighted by Gasteiger charge is 2.26. The maximum absolute atomic E-state index is 2.58. The van der Waals surface area contributed by atoms with E-state index in [0.29, 0.717) is 0 Å². The summed E-state index contributed by atoms with van der Waals surface area (Å²) in [5.41, 5.74) is 18.5. The largest absolute Gasteiger partial charge is 0.309 e. The zero-order chi connectivity index (χ0) is 52.9. The van der Waals surface area contributed by atoms with Gasteiger partial charge >= 0.3 is 0 Å². The average molecular weight is 1020 g/mol. The Morgan fingerprint density at radius 1 is 0.400 bits per heavy atom. The van der Waals surface area contributed by atoms with Gasteiger partial charge in [0.1, 0.15) is 0 Å². The van der Waals surface area contributed by atoms with Crippen LogP contribution < -0.4 is 15.3 Å². The molecule has 3 aliphatic rings. The minimum atomic E-state index is 0.822. The second-order valence-corrected chi connectivity index (χ2v) is 21.8. The quantitative estimate of drug-likeness (QED) is 0.137. The van der Waals surface area contributed by atoms with E-state index in [4.69, 9.17) is 0 Å². The van der Waals surface area contributed by atoms with Crippen molar-refractivity contribution in [2.45, 2.75) is 32.1 Å². The van der Waals surface area contributed by atoms with Crippen molar-refractivity contribution in [2.24, 2.45) is 0 Å². The van der Waals surface area contributed by atoms with E-state index < -0.39 is 0 Å². The molecule has 1 nitrogen and oxygen atoms in total. The number of allylic oxidation sites excluding steroid dienone is 8. The van der Waals surface area contributed by atoms with Crippen LogP contribution in [0, 0.1) is 0 Å². The molecule has 0 fully saturated rings. The summed E-state index contributed by atoms with van der Waals surface area (Å²) in [6.07, 6.45) is 26.0. The molecule has 0 amide bonds. The van der Waals surface area contributed by atoms with Crippen LogP contribution in [0.1, 0.15) is 47.1 Å². The van der Waals surface area contributed by atoms with E-state index in [2.05, 4.69) is 290 Å². The molecule has 0 atom stereocenters. The lowest BCUT2D eigenvalue weighted by atomic mass is 9.83. The SMILES string of the molecule is C1=CCc2cc(N(c3ccc4ccccc4c3)c3c4ccc(-c5ccc6ccccc6c5)cc4c(/C(=C\C4=Cc5ccccc5CCC4)C4=CCC=c5ccccc5=C4)c4ccc(-c5ccc6ccccc6c5)cc34)ccc2C=C1. The van der Waals surface area contributed by atoms with Crippen LogP contribution in [0.3, 0.4) is 0 Å². The van der Waals surface area contributed by atoms with Gasteiger partial charge in [-0.3, -0.25) is 0 Å². The van der Waals surface area contributed by atoms with Crippen LogP contribution in [-0.2, 0) is 12.8 Å². The fourth-order valence-corrected chi connectivity index (χ4v) is 12.9. The average Bonchev–Trinajstić information content (AvgIpc) is 4.06. The molecule has 0 aliphatic heterocycles. The molecular weight excluding hydrogens is 963 g/mol. The standard InChI is InChI=1S/C79H57N/c1-2-17-58-36-40-71(49-64(58)23-3-1)80(72-41-37-59-22-8-13-28-65(59)50-72)79-74-43-39-68(66-34-32-56-20-6-11-25-61(56)46-66)51-76(74)78(73-42-38-69(52-77(73)79)67-35-33-57-21-7-12-26-62(57)47-67)75(70-31-15-30-55-19-5-10-27-63(55)48-70)45-53-16-14-29-54-18-4-9-24-60(54)44-53/h1-13,17-22,24-28,30-52H,14-16,23,29H2/b75-45-. The first-order valence-electron chi connectivity index (χ1n) is 28.4. The molecule has 0 N–H and O–H groups in total. The topological polar surface area (TPSA) is 3.24 Å². The van der Waals surface area contributed by atoms with Gasteiger partial charge in [0.15, 0.2) is 0 Å². The van der Waals surface area contributed by atoms with Crippen molar-refractivity contribution < 1.29 is 0 Å². The van der Waals surface area contributed by atoms with Crippen LogP contribution >= 0.6 is 0 Å². The normalized spacial score (nSPS) is 14.1. The van der Waals surface area contributed by atoms with E-state index in [0.717, 1.165) is 49.2 Å². The van der Waals surface area contributed by atoms with Crippen molar-refractivity contribution >= 4 is 101 Å². The first-order chi connectivity index (χ1) is 39.6. The summed E-state index contributed by atoms with van der Waals surface area (Å²) < 4.78 is 0. The Morgan fingerprint density at radius 2 is 1.00 bits per heavy atom. The lowest BCUT2D eigenvalue weighted by Gasteiger charge is -2.31. The summed E-state index contributed by atoms with van der Waals surface area (Å²) in [5.74, 6) is 0. The fraction of sp³-hybridized carbons (Fsp3) is 0.0633. The zero-order valence-electron chi connectivity index (χ0n) is 44.6. The second kappa shape index (κ2) is 20.2. The maximum atomic E-state index is 2.58. The molecular formula is C79H57N. The zero-order valence-corrected chi connectivity index (χ0v) is 44.6. The van der Waals surface area contributed by atoms with Crippen molar-refractivity contribution in [1.82, 2.24) is 0 Å². The van der Waals surface area contributed by atoms with Crippen molar-refractivity contribution in [3.05, 3.63) is 310 Å². The number of hydrogen-bond donors (Lipinski definition) is 0. The predicted octanol–water partition coefficient (Wildman–Crippen LogP) is 19.8. The minimum absolute atomic E-state index is 0.822. The molecule has 0 radical (unpaired) electrons. The second-order valence-electron chi connectivity index (χ2n) is 21.8. The van der Waals surface area contributed by atoms with Crippen LogP contribution in [0.2, 0.25) is 0 Å². The smallest absolute Gasteiger partial charge is 0.0619 e. The summed E-state index contributed by atoms with van der Waals surface area (Å²) in [7, 11) is 0. The van der Waals surface area contributed by atoms with E-state index in [-0.39, 0.29) is 0 Å². The Balaban J connectivity index is 1.10. The predicted molar refractivity (Wildman–Crippen MR) is 344 cm³/mol. The van der Waals surface area contributed by atoms with Gasteiger partial charge in [-0.15, -0.1) is 0 Å². The van der Waals surface area contributed by atoms with E-state index in [1.165, 1.54) is 131 Å². The number of rotatable bonds is 8. The Hall–Kier alpha value is -9.82. The number of benzene rings is 12. The molecule has 378 valence electrons. The minimum Gasteiger partial charge on any atom is -0.309 e. The molecule has 0 aromatic heterocycles. The molecule has 0 saturated heterocycles. The lowest BCUT2D eigenvalue weighted by Crippen LogP contribution is -2.23. The van der Waals surface area contributed by atoms with Crippen LogP contribution in [0.15, 0.2) is 272 Å². The Morgan fingerprint density at radius 3 is 1.76 bits per heavy atom. The maximum Gasteiger partial charge on any atom is 0.0619 e. The summed E-state index contributed by atoms with van der Waals surface area (Å²) in [4.78, 5) is 2.58. The molecule has 0 spiro atoms. The van der Waals surface area contributed by atoms with Gasteiger partial charge in [-0.25, -0.2) is 0 Å². The van der Waals surface area contributed by atoms with Gasteiger partial charge in [-0.1, -0.05) is 231 Å². The molecule has 0 heterocycles. The van der Waals surface area contributed by atoms with Crippen molar-refractivity contribution in [1.29, 1.82) is 0 Å². The molecule has 0 unspecified atom stereocenters. The molecule has 15 rings (SSSR count). The molecule has 0 bridgehead atoms. The third kappa shape index (κ3) is 8.78. The highest BCUT2D eigenvalue weighted by Crippen LogP contribution is 2.51. The summed E-state index contributed by atoms with van der Waals surface area (Å²) in [6.45, 7) is 0. The van der Waals surface area contributed by atoms with Crippen LogP contribution in [0.5, 0.6) is 0 Å². The first kappa shape index (κ1) is 47.4. The van der Waals surface area contributed by atoms with Crippen LogP contribution in [0.25, 0.3) is 106 Å². The molecule has 80 heavy (non-hydrogen) atoms. The Labute approximate surface area is 467 Å². The number of hydrogen-bond acceptors (Lipinski definition) is 1. The van der Waals surface area contributed by atoms with Crippen molar-refractivity contribution in [3.8, 4) is 22.3 Å². The molecule has 12 aromatic carbocycles. The number of aryl methyl sites for hydroxylation is 1. The molecule has 12 aromatic rings. The van der Waals surface area contributed by atoms with E-state index in [9.17, 15) is 0 Å². The molecule has 1 heteroatoms. The number of anilines is 3. The summed E-state index contributed by atoms with van der Waals surface area (Å²) in [6, 6.07) is 86.8. The van der Waals surface area contributed by atoms with Gasteiger partial charge in [0, 0.05) is 22.1 Å². The van der Waals surface area contributed by atoms with Gasteiger partial charge in [0.05, 0.1) is 5.69 Å². The Bertz CT molecular complexity index is 4800. The van der Waals surface area contributed by atoms with Gasteiger partial charge in [0.25, 0.3) is 0 Å². The highest BCUT2D eigenvalue weighted by atomic mass is 15.1. The summed E-state index contributed by atoms with van der Waals surface area (Å²) in [5, 5.41) is 14.6. The lowest BCUT2D eigenvalue weighted by molar-refractivity contribution is 0.835. The van der Waals surface area contributed by atoms with Gasteiger partial charge in [0.2, 0.25) is 0 Å². The third-order valence-corrected chi connectivity index (χ3v) is 16.9. The Kier molecular flexibility index (Phi) is 12.0. The molecule has 0 saturated carbocycles. The molecule has 3 aliphatic carbocycles. The summed E-state index contributed by atoms with van der Waals surface area (Å²) >= 11 is 0. The monoisotopic (exact) mass is 1020 g/mol. The van der Waals surface area contributed by atoms with E-state index in [1.807, 2.05) is 0 Å². The highest BCUT2D eigenvalue weighted by molar-refractivity contribution is 6.23. The van der Waals surface area contributed by atoms with E-state index in [1.54, 1.807) is 0 Å². The fourth-order valence-electron chi connectivity index (χ4n) is 12.9. The van der Waals surface area contributed by atoms with Gasteiger partial charge in [-0.05, 0) is 207 Å². The number of nitrogens with zero attached hydrogens (tertiary/aromatic N) is 1. The van der Waals surface area contributed by atoms with E-state index >= 15 is 0 Å². The van der Waals surface area contributed by atoms with Crippen LogP contribution in [-0.4, -0.2) is 0 Å². The van der Waals surface area contributed by atoms with Crippen molar-refractivity contribution in [2.75, 3.05) is 4.90 Å². The third-order valence-electron chi connectivity index (χ3n) is 16.9. The van der Waals surface area contributed by atoms with Gasteiger partial charge in [-0.2, -0.15) is 0 Å². The first-order valence-corrected chi connectivity index (χ1v) is 28.4.